The Hall–Kier alpha value is -2.23. The van der Waals surface area contributed by atoms with Crippen LogP contribution in [0.4, 0.5) is 8.78 Å². The second kappa shape index (κ2) is 6.48. The van der Waals surface area contributed by atoms with E-state index >= 15 is 0 Å². The highest BCUT2D eigenvalue weighted by atomic mass is 19.1. The molecule has 110 valence electrons. The van der Waals surface area contributed by atoms with Crippen LogP contribution in [0.1, 0.15) is 35.7 Å². The molecule has 0 heterocycles. The summed E-state index contributed by atoms with van der Waals surface area (Å²) in [4.78, 5) is 12.0. The third kappa shape index (κ3) is 3.66. The molecule has 0 radical (unpaired) electrons. The summed E-state index contributed by atoms with van der Waals surface area (Å²) in [6, 6.07) is 10.5. The SMILES string of the molecule is CC(C)c1ccc(C(=O)COc2c(F)cccc2F)cc1. The van der Waals surface area contributed by atoms with Crippen molar-refractivity contribution >= 4 is 5.78 Å². The summed E-state index contributed by atoms with van der Waals surface area (Å²) in [6.07, 6.45) is 0. The summed E-state index contributed by atoms with van der Waals surface area (Å²) in [6.45, 7) is 3.71. The first-order chi connectivity index (χ1) is 9.99. The van der Waals surface area contributed by atoms with Crippen molar-refractivity contribution in [1.29, 1.82) is 0 Å². The van der Waals surface area contributed by atoms with E-state index in [2.05, 4.69) is 13.8 Å². The number of Topliss-reactive ketones (excluding diaryl/α,β-unsaturated/α-hetero) is 1. The van der Waals surface area contributed by atoms with Gasteiger partial charge in [0, 0.05) is 5.56 Å². The Morgan fingerprint density at radius 1 is 1.05 bits per heavy atom. The van der Waals surface area contributed by atoms with Crippen LogP contribution in [0.5, 0.6) is 5.75 Å². The van der Waals surface area contributed by atoms with Gasteiger partial charge in [0.05, 0.1) is 0 Å². The van der Waals surface area contributed by atoms with Crippen molar-refractivity contribution < 1.29 is 18.3 Å². The number of hydrogen-bond acceptors (Lipinski definition) is 2. The third-order valence-electron chi connectivity index (χ3n) is 3.17. The zero-order valence-electron chi connectivity index (χ0n) is 11.9. The molecule has 0 saturated carbocycles. The van der Waals surface area contributed by atoms with E-state index in [1.165, 1.54) is 6.07 Å². The number of halogens is 2. The summed E-state index contributed by atoms with van der Waals surface area (Å²) < 4.78 is 31.7. The minimum atomic E-state index is -0.821. The zero-order chi connectivity index (χ0) is 15.4. The van der Waals surface area contributed by atoms with Crippen LogP contribution in [0.2, 0.25) is 0 Å². The van der Waals surface area contributed by atoms with Gasteiger partial charge in [-0.15, -0.1) is 0 Å². The fourth-order valence-corrected chi connectivity index (χ4v) is 1.90. The number of carbonyl (C=O) groups is 1. The molecule has 2 aromatic carbocycles. The molecule has 0 N–H and O–H groups in total. The molecule has 0 saturated heterocycles. The molecule has 0 aromatic heterocycles. The van der Waals surface area contributed by atoms with Crippen molar-refractivity contribution in [2.75, 3.05) is 6.61 Å². The first-order valence-corrected chi connectivity index (χ1v) is 6.69. The predicted molar refractivity (Wildman–Crippen MR) is 76.7 cm³/mol. The number of carbonyl (C=O) groups excluding carboxylic acids is 1. The van der Waals surface area contributed by atoms with E-state index in [4.69, 9.17) is 4.74 Å². The van der Waals surface area contributed by atoms with Gasteiger partial charge in [0.2, 0.25) is 0 Å². The van der Waals surface area contributed by atoms with E-state index in [9.17, 15) is 13.6 Å². The van der Waals surface area contributed by atoms with Gasteiger partial charge in [0.1, 0.15) is 0 Å². The smallest absolute Gasteiger partial charge is 0.200 e. The van der Waals surface area contributed by atoms with Gasteiger partial charge >= 0.3 is 0 Å². The van der Waals surface area contributed by atoms with Crippen LogP contribution in [-0.2, 0) is 0 Å². The summed E-state index contributed by atoms with van der Waals surface area (Å²) in [5, 5.41) is 0. The highest BCUT2D eigenvalue weighted by Gasteiger charge is 2.13. The Morgan fingerprint density at radius 3 is 2.14 bits per heavy atom. The average molecular weight is 290 g/mol. The predicted octanol–water partition coefficient (Wildman–Crippen LogP) is 4.35. The molecule has 0 bridgehead atoms. The van der Waals surface area contributed by atoms with Crippen LogP contribution in [0, 0.1) is 11.6 Å². The van der Waals surface area contributed by atoms with E-state index in [0.717, 1.165) is 17.7 Å². The second-order valence-electron chi connectivity index (χ2n) is 5.04. The van der Waals surface area contributed by atoms with Crippen molar-refractivity contribution in [3.05, 3.63) is 65.2 Å². The highest BCUT2D eigenvalue weighted by molar-refractivity contribution is 5.97. The Bertz CT molecular complexity index is 613. The second-order valence-corrected chi connectivity index (χ2v) is 5.04. The van der Waals surface area contributed by atoms with Gasteiger partial charge in [0.25, 0.3) is 0 Å². The normalized spacial score (nSPS) is 10.7. The molecule has 2 rings (SSSR count). The van der Waals surface area contributed by atoms with Gasteiger partial charge in [-0.1, -0.05) is 44.2 Å². The van der Waals surface area contributed by atoms with E-state index in [-0.39, 0.29) is 5.78 Å². The molecule has 0 aliphatic carbocycles. The molecule has 21 heavy (non-hydrogen) atoms. The van der Waals surface area contributed by atoms with Gasteiger partial charge in [-0.2, -0.15) is 0 Å². The summed E-state index contributed by atoms with van der Waals surface area (Å²) in [5.41, 5.74) is 1.57. The zero-order valence-corrected chi connectivity index (χ0v) is 11.9. The minimum absolute atomic E-state index is 0.326. The quantitative estimate of drug-likeness (QED) is 0.765. The van der Waals surface area contributed by atoms with Crippen LogP contribution in [0.3, 0.4) is 0 Å². The lowest BCUT2D eigenvalue weighted by molar-refractivity contribution is 0.0915. The van der Waals surface area contributed by atoms with Crippen molar-refractivity contribution in [2.24, 2.45) is 0 Å². The topological polar surface area (TPSA) is 26.3 Å². The monoisotopic (exact) mass is 290 g/mol. The van der Waals surface area contributed by atoms with Gasteiger partial charge in [-0.05, 0) is 23.6 Å². The number of para-hydroxylation sites is 1. The maximum atomic E-state index is 13.4. The Labute approximate surface area is 122 Å². The van der Waals surface area contributed by atoms with Crippen LogP contribution >= 0.6 is 0 Å². The largest absolute Gasteiger partial charge is 0.479 e. The Morgan fingerprint density at radius 2 is 1.62 bits per heavy atom. The average Bonchev–Trinajstić information content (AvgIpc) is 2.46. The molecular formula is C17H16F2O2. The Balaban J connectivity index is 2.05. The number of benzene rings is 2. The molecular weight excluding hydrogens is 274 g/mol. The molecule has 0 aliphatic heterocycles. The number of hydrogen-bond donors (Lipinski definition) is 0. The summed E-state index contributed by atoms with van der Waals surface area (Å²) in [7, 11) is 0. The number of ether oxygens (including phenoxy) is 1. The molecule has 0 amide bonds. The molecule has 0 atom stereocenters. The maximum absolute atomic E-state index is 13.4. The lowest BCUT2D eigenvalue weighted by atomic mass is 10.0. The summed E-state index contributed by atoms with van der Waals surface area (Å²) >= 11 is 0. The van der Waals surface area contributed by atoms with E-state index in [1.54, 1.807) is 12.1 Å². The lowest BCUT2D eigenvalue weighted by Crippen LogP contribution is -2.13. The van der Waals surface area contributed by atoms with Crippen LogP contribution in [-0.4, -0.2) is 12.4 Å². The third-order valence-corrected chi connectivity index (χ3v) is 3.17. The first kappa shape index (κ1) is 15.2. The van der Waals surface area contributed by atoms with Crippen LogP contribution < -0.4 is 4.74 Å². The van der Waals surface area contributed by atoms with E-state index < -0.39 is 24.0 Å². The highest BCUT2D eigenvalue weighted by Crippen LogP contribution is 2.21. The Kier molecular flexibility index (Phi) is 4.68. The first-order valence-electron chi connectivity index (χ1n) is 6.69. The minimum Gasteiger partial charge on any atom is -0.479 e. The van der Waals surface area contributed by atoms with Crippen LogP contribution in [0.15, 0.2) is 42.5 Å². The molecule has 0 spiro atoms. The van der Waals surface area contributed by atoms with Crippen molar-refractivity contribution in [3.8, 4) is 5.75 Å². The van der Waals surface area contributed by atoms with Crippen molar-refractivity contribution in [3.63, 3.8) is 0 Å². The van der Waals surface area contributed by atoms with Crippen molar-refractivity contribution in [2.45, 2.75) is 19.8 Å². The molecule has 4 heteroatoms. The van der Waals surface area contributed by atoms with Gasteiger partial charge < -0.3 is 4.74 Å². The van der Waals surface area contributed by atoms with E-state index in [1.807, 2.05) is 12.1 Å². The molecule has 2 nitrogen and oxygen atoms in total. The standard InChI is InChI=1S/C17H16F2O2/c1-11(2)12-6-8-13(9-7-12)16(20)10-21-17-14(18)4-3-5-15(17)19/h3-9,11H,10H2,1-2H3. The molecule has 2 aromatic rings. The molecule has 0 aliphatic rings. The fourth-order valence-electron chi connectivity index (χ4n) is 1.90. The molecule has 0 fully saturated rings. The van der Waals surface area contributed by atoms with Crippen molar-refractivity contribution in [1.82, 2.24) is 0 Å². The number of ketones is 1. The molecule has 0 unspecified atom stereocenters. The summed E-state index contributed by atoms with van der Waals surface area (Å²) in [5.74, 6) is -2.12. The maximum Gasteiger partial charge on any atom is 0.200 e. The fraction of sp³-hybridized carbons (Fsp3) is 0.235. The van der Waals surface area contributed by atoms with Gasteiger partial charge in [-0.25, -0.2) is 8.78 Å². The van der Waals surface area contributed by atoms with Crippen LogP contribution in [0.25, 0.3) is 0 Å². The van der Waals surface area contributed by atoms with Gasteiger partial charge in [0.15, 0.2) is 29.8 Å². The lowest BCUT2D eigenvalue weighted by Gasteiger charge is -2.09. The van der Waals surface area contributed by atoms with Gasteiger partial charge in [-0.3, -0.25) is 4.79 Å². The van der Waals surface area contributed by atoms with E-state index in [0.29, 0.717) is 11.5 Å². The number of rotatable bonds is 5.